The van der Waals surface area contributed by atoms with Gasteiger partial charge in [0.15, 0.2) is 0 Å². The molecule has 0 aliphatic carbocycles. The third kappa shape index (κ3) is 5.39. The Morgan fingerprint density at radius 1 is 1.24 bits per heavy atom. The van der Waals surface area contributed by atoms with Crippen LogP contribution >= 0.6 is 0 Å². The van der Waals surface area contributed by atoms with E-state index in [1.54, 1.807) is 12.1 Å². The second kappa shape index (κ2) is 10.0. The lowest BCUT2D eigenvalue weighted by molar-refractivity contribution is -0.139. The first-order chi connectivity index (χ1) is 15.7. The SMILES string of the molecule is CCCn1c(C)cc(/C=C(\C#N)C(=O)OCc2cc(=O)oc3cc(NC(C)=O)ccc23)c1C. The van der Waals surface area contributed by atoms with Gasteiger partial charge >= 0.3 is 11.6 Å². The predicted molar refractivity (Wildman–Crippen MR) is 124 cm³/mol. The van der Waals surface area contributed by atoms with E-state index in [2.05, 4.69) is 16.8 Å². The lowest BCUT2D eigenvalue weighted by atomic mass is 10.1. The molecule has 0 bridgehead atoms. The Bertz CT molecular complexity index is 1350. The van der Waals surface area contributed by atoms with Gasteiger partial charge in [0.2, 0.25) is 5.91 Å². The average Bonchev–Trinajstić information content (AvgIpc) is 3.02. The molecule has 0 radical (unpaired) electrons. The molecule has 0 saturated carbocycles. The fourth-order valence-corrected chi connectivity index (χ4v) is 3.69. The van der Waals surface area contributed by atoms with Crippen molar-refractivity contribution in [2.75, 3.05) is 5.32 Å². The minimum Gasteiger partial charge on any atom is -0.457 e. The molecule has 2 aromatic heterocycles. The predicted octanol–water partition coefficient (Wildman–Crippen LogP) is 4.23. The molecular weight excluding hydrogens is 422 g/mol. The van der Waals surface area contributed by atoms with Crippen LogP contribution in [-0.2, 0) is 27.5 Å². The molecule has 1 amide bonds. The summed E-state index contributed by atoms with van der Waals surface area (Å²) in [6, 6.07) is 9.91. The lowest BCUT2D eigenvalue weighted by Gasteiger charge is -2.09. The summed E-state index contributed by atoms with van der Waals surface area (Å²) in [4.78, 5) is 35.8. The zero-order valence-corrected chi connectivity index (χ0v) is 19.0. The smallest absolute Gasteiger partial charge is 0.349 e. The maximum Gasteiger partial charge on any atom is 0.349 e. The van der Waals surface area contributed by atoms with Gasteiger partial charge in [0, 0.05) is 53.6 Å². The highest BCUT2D eigenvalue weighted by atomic mass is 16.5. The largest absolute Gasteiger partial charge is 0.457 e. The highest BCUT2D eigenvalue weighted by molar-refractivity contribution is 5.98. The van der Waals surface area contributed by atoms with Gasteiger partial charge in [0.1, 0.15) is 23.8 Å². The number of aryl methyl sites for hydroxylation is 1. The summed E-state index contributed by atoms with van der Waals surface area (Å²) in [5.74, 6) is -1.04. The summed E-state index contributed by atoms with van der Waals surface area (Å²) in [5, 5.41) is 12.7. The van der Waals surface area contributed by atoms with Gasteiger partial charge in [-0.25, -0.2) is 9.59 Å². The maximum absolute atomic E-state index is 12.6. The number of rotatable bonds is 7. The van der Waals surface area contributed by atoms with Crippen LogP contribution in [0.25, 0.3) is 17.0 Å². The van der Waals surface area contributed by atoms with Crippen LogP contribution in [0.4, 0.5) is 5.69 Å². The molecule has 3 rings (SSSR count). The first-order valence-electron chi connectivity index (χ1n) is 10.5. The Balaban J connectivity index is 1.84. The van der Waals surface area contributed by atoms with Gasteiger partial charge in [-0.15, -0.1) is 0 Å². The van der Waals surface area contributed by atoms with Gasteiger partial charge in [0.25, 0.3) is 0 Å². The Morgan fingerprint density at radius 2 is 2.00 bits per heavy atom. The summed E-state index contributed by atoms with van der Waals surface area (Å²) in [7, 11) is 0. The van der Waals surface area contributed by atoms with Crippen molar-refractivity contribution in [2.45, 2.75) is 47.3 Å². The number of nitrogens with zero attached hydrogens (tertiary/aromatic N) is 2. The molecule has 0 unspecified atom stereocenters. The molecule has 1 aromatic carbocycles. The number of ether oxygens (including phenoxy) is 1. The number of anilines is 1. The molecule has 0 fully saturated rings. The van der Waals surface area contributed by atoms with Crippen LogP contribution in [0.5, 0.6) is 0 Å². The molecule has 8 nitrogen and oxygen atoms in total. The molecule has 2 heterocycles. The number of nitriles is 1. The summed E-state index contributed by atoms with van der Waals surface area (Å²) in [5.41, 5.74) is 3.21. The van der Waals surface area contributed by atoms with Gasteiger partial charge in [-0.05, 0) is 50.1 Å². The molecule has 170 valence electrons. The van der Waals surface area contributed by atoms with Gasteiger partial charge in [0.05, 0.1) is 0 Å². The third-order valence-electron chi connectivity index (χ3n) is 5.21. The van der Waals surface area contributed by atoms with E-state index >= 15 is 0 Å². The van der Waals surface area contributed by atoms with Crippen molar-refractivity contribution in [2.24, 2.45) is 0 Å². The van der Waals surface area contributed by atoms with Crippen molar-refractivity contribution in [3.8, 4) is 6.07 Å². The number of aromatic nitrogens is 1. The molecule has 0 spiro atoms. The number of fused-ring (bicyclic) bond motifs is 1. The van der Waals surface area contributed by atoms with E-state index in [1.165, 1.54) is 25.1 Å². The summed E-state index contributed by atoms with van der Waals surface area (Å²) < 4.78 is 12.7. The first-order valence-corrected chi connectivity index (χ1v) is 10.5. The molecule has 0 aliphatic rings. The van der Waals surface area contributed by atoms with Crippen LogP contribution in [0.2, 0.25) is 0 Å². The number of hydrogen-bond donors (Lipinski definition) is 1. The van der Waals surface area contributed by atoms with Crippen molar-refractivity contribution in [1.82, 2.24) is 4.57 Å². The quantitative estimate of drug-likeness (QED) is 0.251. The zero-order valence-electron chi connectivity index (χ0n) is 19.0. The third-order valence-corrected chi connectivity index (χ3v) is 5.21. The summed E-state index contributed by atoms with van der Waals surface area (Å²) >= 11 is 0. The lowest BCUT2D eigenvalue weighted by Crippen LogP contribution is -2.10. The van der Waals surface area contributed by atoms with Crippen molar-refractivity contribution < 1.29 is 18.7 Å². The first kappa shape index (κ1) is 23.5. The van der Waals surface area contributed by atoms with E-state index in [-0.39, 0.29) is 23.7 Å². The van der Waals surface area contributed by atoms with Crippen molar-refractivity contribution in [3.05, 3.63) is 68.8 Å². The zero-order chi connectivity index (χ0) is 24.1. The Morgan fingerprint density at radius 3 is 2.67 bits per heavy atom. The van der Waals surface area contributed by atoms with Gasteiger partial charge in [-0.2, -0.15) is 5.26 Å². The van der Waals surface area contributed by atoms with E-state index in [0.29, 0.717) is 16.6 Å². The monoisotopic (exact) mass is 447 g/mol. The summed E-state index contributed by atoms with van der Waals surface area (Å²) in [6.07, 6.45) is 2.49. The van der Waals surface area contributed by atoms with E-state index < -0.39 is 11.6 Å². The van der Waals surface area contributed by atoms with Crippen LogP contribution in [-0.4, -0.2) is 16.4 Å². The molecule has 0 saturated heterocycles. The second-order valence-electron chi connectivity index (χ2n) is 7.71. The van der Waals surface area contributed by atoms with Crippen LogP contribution in [0.15, 0.2) is 45.1 Å². The van der Waals surface area contributed by atoms with Gasteiger partial charge in [-0.1, -0.05) is 6.92 Å². The maximum atomic E-state index is 12.6. The molecule has 0 atom stereocenters. The Hall–Kier alpha value is -4.12. The summed E-state index contributed by atoms with van der Waals surface area (Å²) in [6.45, 7) is 8.02. The van der Waals surface area contributed by atoms with Crippen LogP contribution < -0.4 is 10.9 Å². The van der Waals surface area contributed by atoms with Crippen LogP contribution in [0.3, 0.4) is 0 Å². The molecule has 0 aliphatic heterocycles. The normalized spacial score (nSPS) is 11.3. The number of benzene rings is 1. The van der Waals surface area contributed by atoms with Gasteiger partial charge in [-0.3, -0.25) is 4.79 Å². The van der Waals surface area contributed by atoms with Crippen molar-refractivity contribution >= 4 is 34.6 Å². The standard InChI is InChI=1S/C25H25N3O5/c1-5-8-28-15(2)9-18(16(28)3)10-19(13-26)25(31)32-14-20-11-24(30)33-23-12-21(27-17(4)29)6-7-22(20)23/h6-7,9-12H,5,8,14H2,1-4H3,(H,27,29)/b19-10+. The molecule has 3 aromatic rings. The Kier molecular flexibility index (Phi) is 7.13. The minimum absolute atomic E-state index is 0.132. The fourth-order valence-electron chi connectivity index (χ4n) is 3.69. The van der Waals surface area contributed by atoms with Crippen LogP contribution in [0, 0.1) is 25.2 Å². The van der Waals surface area contributed by atoms with E-state index in [1.807, 2.05) is 26.0 Å². The molecule has 33 heavy (non-hydrogen) atoms. The van der Waals surface area contributed by atoms with Gasteiger partial charge < -0.3 is 19.0 Å². The molecule has 1 N–H and O–H groups in total. The second-order valence-corrected chi connectivity index (χ2v) is 7.71. The number of nitrogens with one attached hydrogen (secondary N) is 1. The van der Waals surface area contributed by atoms with Crippen molar-refractivity contribution in [1.29, 1.82) is 5.26 Å². The highest BCUT2D eigenvalue weighted by Gasteiger charge is 2.16. The topological polar surface area (TPSA) is 114 Å². The van der Waals surface area contributed by atoms with E-state index in [9.17, 15) is 19.6 Å². The van der Waals surface area contributed by atoms with E-state index in [0.717, 1.165) is 29.9 Å². The number of esters is 1. The average molecular weight is 447 g/mol. The minimum atomic E-state index is -0.783. The van der Waals surface area contributed by atoms with E-state index in [4.69, 9.17) is 9.15 Å². The number of carbonyl (C=O) groups excluding carboxylic acids is 2. The van der Waals surface area contributed by atoms with Crippen LogP contribution in [0.1, 0.15) is 42.8 Å². The molecule has 8 heteroatoms. The molecular formula is C25H25N3O5. The number of amides is 1. The number of carbonyl (C=O) groups is 2. The van der Waals surface area contributed by atoms with Crippen molar-refractivity contribution in [3.63, 3.8) is 0 Å². The fraction of sp³-hybridized carbons (Fsp3) is 0.280. The number of hydrogen-bond acceptors (Lipinski definition) is 6. The Labute approximate surface area is 191 Å². The highest BCUT2D eigenvalue weighted by Crippen LogP contribution is 2.23.